The smallest absolute Gasteiger partial charge is 0.416 e. The number of carbonyl (C=O) groups excluding carboxylic acids is 1. The quantitative estimate of drug-likeness (QED) is 0.216. The van der Waals surface area contributed by atoms with Crippen molar-refractivity contribution in [1.82, 2.24) is 19.1 Å². The molecule has 2 aromatic heterocycles. The van der Waals surface area contributed by atoms with E-state index in [1.54, 1.807) is 29.1 Å². The summed E-state index contributed by atoms with van der Waals surface area (Å²) in [6.07, 6.45) is 0.460. The molecule has 0 N–H and O–H groups in total. The van der Waals surface area contributed by atoms with Crippen LogP contribution in [0.15, 0.2) is 83.5 Å². The van der Waals surface area contributed by atoms with E-state index in [4.69, 9.17) is 4.74 Å². The van der Waals surface area contributed by atoms with Gasteiger partial charge in [-0.2, -0.15) is 22.6 Å². The number of nitrogens with zero attached hydrogens (tertiary/aromatic N) is 4. The Morgan fingerprint density at radius 2 is 1.72 bits per heavy atom. The summed E-state index contributed by atoms with van der Waals surface area (Å²) in [7, 11) is -2.81. The summed E-state index contributed by atoms with van der Waals surface area (Å²) in [5.74, 6) is -0.373. The highest BCUT2D eigenvalue weighted by Crippen LogP contribution is 2.47. The topological polar surface area (TPSA) is 94.4 Å². The first-order chi connectivity index (χ1) is 20.4. The fraction of sp³-hybridized carbons (Fsp3) is 0.233. The SMILES string of the molecule is COc1ccc(C(=O)[C@@]23Cc4cnn(-c5ccc(F)cc5)c4C=C2CCN(S(=O)(=O)c2ccc(C(F)(F)F)cc2)C3)nc1. The minimum absolute atomic E-state index is 0.000277. The summed E-state index contributed by atoms with van der Waals surface area (Å²) in [5.41, 5.74) is 0.418. The molecule has 222 valence electrons. The standard InChI is InChI=1S/C30H24F4N4O4S/c1-42-24-8-11-26(35-17-24)28(39)29-15-19-16-36-38(23-6-4-22(31)5-7-23)27(19)14-21(29)12-13-37(18-29)43(40,41)25-9-2-20(3-10-25)30(32,33)34/h2-11,14,16-17H,12-13,15,18H2,1H3/t29-/m1/s1. The molecule has 2 aromatic carbocycles. The second-order valence-corrected chi connectivity index (χ2v) is 12.3. The summed E-state index contributed by atoms with van der Waals surface area (Å²) in [6.45, 7) is -0.254. The van der Waals surface area contributed by atoms with Crippen molar-refractivity contribution in [2.24, 2.45) is 5.41 Å². The molecule has 0 amide bonds. The fourth-order valence-electron chi connectivity index (χ4n) is 5.65. The Hall–Kier alpha value is -4.36. The maximum Gasteiger partial charge on any atom is 0.416 e. The van der Waals surface area contributed by atoms with Gasteiger partial charge in [-0.05, 0) is 85.1 Å². The molecule has 1 aliphatic carbocycles. The molecule has 0 spiro atoms. The zero-order chi connectivity index (χ0) is 30.6. The number of benzene rings is 2. The number of sulfonamides is 1. The molecule has 4 aromatic rings. The van der Waals surface area contributed by atoms with Crippen LogP contribution in [0.2, 0.25) is 0 Å². The number of ketones is 1. The average Bonchev–Trinajstić information content (AvgIpc) is 3.41. The molecule has 1 aliphatic heterocycles. The molecule has 1 saturated heterocycles. The maximum atomic E-state index is 14.3. The van der Waals surface area contributed by atoms with E-state index in [0.717, 1.165) is 28.6 Å². The summed E-state index contributed by atoms with van der Waals surface area (Å²) in [6, 6.07) is 12.2. The summed E-state index contributed by atoms with van der Waals surface area (Å²) >= 11 is 0. The third-order valence-electron chi connectivity index (χ3n) is 7.91. The van der Waals surface area contributed by atoms with Gasteiger partial charge in [-0.25, -0.2) is 22.5 Å². The number of carbonyl (C=O) groups is 1. The highest BCUT2D eigenvalue weighted by Gasteiger charge is 2.51. The fourth-order valence-corrected chi connectivity index (χ4v) is 7.15. The molecule has 0 unspecified atom stereocenters. The van der Waals surface area contributed by atoms with E-state index < -0.39 is 38.8 Å². The first kappa shape index (κ1) is 28.7. The van der Waals surface area contributed by atoms with Crippen molar-refractivity contribution in [1.29, 1.82) is 0 Å². The number of pyridine rings is 1. The molecule has 1 fully saturated rings. The van der Waals surface area contributed by atoms with Crippen LogP contribution in [0.5, 0.6) is 5.75 Å². The zero-order valence-corrected chi connectivity index (χ0v) is 23.5. The molecular formula is C30H24F4N4O4S. The Balaban J connectivity index is 1.42. The predicted octanol–water partition coefficient (Wildman–Crippen LogP) is 5.34. The van der Waals surface area contributed by atoms with E-state index in [9.17, 15) is 30.8 Å². The number of alkyl halides is 3. The molecule has 43 heavy (non-hydrogen) atoms. The van der Waals surface area contributed by atoms with E-state index in [2.05, 4.69) is 10.1 Å². The van der Waals surface area contributed by atoms with Gasteiger partial charge in [-0.15, -0.1) is 0 Å². The van der Waals surface area contributed by atoms with Crippen LogP contribution in [-0.4, -0.2) is 53.5 Å². The van der Waals surface area contributed by atoms with Crippen LogP contribution in [-0.2, 0) is 22.6 Å². The van der Waals surface area contributed by atoms with Gasteiger partial charge in [-0.3, -0.25) is 4.79 Å². The minimum Gasteiger partial charge on any atom is -0.495 e. The molecule has 8 nitrogen and oxygen atoms in total. The van der Waals surface area contributed by atoms with Crippen molar-refractivity contribution in [2.75, 3.05) is 20.2 Å². The Morgan fingerprint density at radius 1 is 1.00 bits per heavy atom. The largest absolute Gasteiger partial charge is 0.495 e. The van der Waals surface area contributed by atoms with Crippen molar-refractivity contribution >= 4 is 21.9 Å². The average molecular weight is 613 g/mol. The van der Waals surface area contributed by atoms with E-state index in [-0.39, 0.29) is 36.5 Å². The van der Waals surface area contributed by atoms with E-state index in [1.807, 2.05) is 6.08 Å². The number of hydrogen-bond donors (Lipinski definition) is 0. The van der Waals surface area contributed by atoms with E-state index >= 15 is 0 Å². The lowest BCUT2D eigenvalue weighted by Crippen LogP contribution is -2.53. The second kappa shape index (κ2) is 10.4. The second-order valence-electron chi connectivity index (χ2n) is 10.4. The van der Waals surface area contributed by atoms with Gasteiger partial charge in [-0.1, -0.05) is 5.57 Å². The number of aromatic nitrogens is 3. The van der Waals surface area contributed by atoms with Crippen LogP contribution in [0, 0.1) is 11.2 Å². The Bertz CT molecular complexity index is 1830. The van der Waals surface area contributed by atoms with Crippen LogP contribution < -0.4 is 4.74 Å². The molecule has 2 aliphatic rings. The van der Waals surface area contributed by atoms with Gasteiger partial charge >= 0.3 is 6.18 Å². The van der Waals surface area contributed by atoms with Crippen molar-refractivity contribution in [2.45, 2.75) is 23.9 Å². The number of hydrogen-bond acceptors (Lipinski definition) is 6. The number of piperidine rings is 1. The van der Waals surface area contributed by atoms with Gasteiger partial charge < -0.3 is 4.74 Å². The van der Waals surface area contributed by atoms with Gasteiger partial charge in [0.25, 0.3) is 0 Å². The minimum atomic E-state index is -4.62. The third kappa shape index (κ3) is 5.01. The number of rotatable bonds is 6. The van der Waals surface area contributed by atoms with E-state index in [0.29, 0.717) is 28.3 Å². The highest BCUT2D eigenvalue weighted by atomic mass is 32.2. The molecule has 0 bridgehead atoms. The lowest BCUT2D eigenvalue weighted by molar-refractivity contribution is -0.137. The maximum absolute atomic E-state index is 14.3. The molecule has 0 saturated carbocycles. The predicted molar refractivity (Wildman–Crippen MR) is 148 cm³/mol. The molecule has 6 rings (SSSR count). The van der Waals surface area contributed by atoms with Crippen molar-refractivity contribution in [3.8, 4) is 11.4 Å². The molecular weight excluding hydrogens is 588 g/mol. The molecule has 3 heterocycles. The van der Waals surface area contributed by atoms with Gasteiger partial charge in [0.1, 0.15) is 17.3 Å². The number of halogens is 4. The highest BCUT2D eigenvalue weighted by molar-refractivity contribution is 7.89. The Kier molecular flexibility index (Phi) is 6.97. The summed E-state index contributed by atoms with van der Waals surface area (Å²) in [5, 5.41) is 4.47. The van der Waals surface area contributed by atoms with Crippen molar-refractivity contribution < 1.29 is 35.5 Å². The monoisotopic (exact) mass is 612 g/mol. The van der Waals surface area contributed by atoms with Crippen LogP contribution in [0.4, 0.5) is 17.6 Å². The summed E-state index contributed by atoms with van der Waals surface area (Å²) in [4.78, 5) is 18.3. The van der Waals surface area contributed by atoms with E-state index in [1.165, 1.54) is 31.5 Å². The number of methoxy groups -OCH3 is 1. The van der Waals surface area contributed by atoms with Gasteiger partial charge in [0.05, 0.1) is 46.8 Å². The lowest BCUT2D eigenvalue weighted by Gasteiger charge is -2.44. The van der Waals surface area contributed by atoms with Crippen LogP contribution >= 0.6 is 0 Å². The molecule has 0 radical (unpaired) electrons. The van der Waals surface area contributed by atoms with Crippen molar-refractivity contribution in [3.63, 3.8) is 0 Å². The van der Waals surface area contributed by atoms with Crippen LogP contribution in [0.1, 0.15) is 33.7 Å². The van der Waals surface area contributed by atoms with Crippen LogP contribution in [0.25, 0.3) is 11.8 Å². The number of fused-ring (bicyclic) bond motifs is 2. The number of ether oxygens (including phenoxy) is 1. The summed E-state index contributed by atoms with van der Waals surface area (Å²) < 4.78 is 88.2. The van der Waals surface area contributed by atoms with Gasteiger partial charge in [0.15, 0.2) is 5.78 Å². The Morgan fingerprint density at radius 3 is 2.35 bits per heavy atom. The van der Waals surface area contributed by atoms with Gasteiger partial charge in [0, 0.05) is 13.1 Å². The molecule has 1 atom stereocenters. The lowest BCUT2D eigenvalue weighted by atomic mass is 9.65. The zero-order valence-electron chi connectivity index (χ0n) is 22.7. The van der Waals surface area contributed by atoms with Crippen LogP contribution in [0.3, 0.4) is 0 Å². The Labute approximate surface area is 244 Å². The first-order valence-electron chi connectivity index (χ1n) is 13.2. The third-order valence-corrected chi connectivity index (χ3v) is 9.77. The first-order valence-corrected chi connectivity index (χ1v) is 14.6. The normalized spacial score (nSPS) is 18.9. The molecule has 13 heteroatoms. The van der Waals surface area contributed by atoms with Gasteiger partial charge in [0.2, 0.25) is 10.0 Å². The van der Waals surface area contributed by atoms with Crippen molar-refractivity contribution in [3.05, 3.63) is 107 Å². The number of Topliss-reactive ketones (excluding diaryl/α,β-unsaturated/α-hetero) is 1.